The van der Waals surface area contributed by atoms with Crippen molar-refractivity contribution >= 4 is 50.1 Å². The Morgan fingerprint density at radius 2 is 1.76 bits per heavy atom. The van der Waals surface area contributed by atoms with E-state index in [4.69, 9.17) is 11.6 Å². The lowest BCUT2D eigenvalue weighted by Gasteiger charge is -2.35. The first-order chi connectivity index (χ1) is 20.1. The van der Waals surface area contributed by atoms with E-state index in [2.05, 4.69) is 9.62 Å². The summed E-state index contributed by atoms with van der Waals surface area (Å²) in [5, 5.41) is 2.12. The maximum absolute atomic E-state index is 13.4. The Labute approximate surface area is 253 Å². The lowest BCUT2D eigenvalue weighted by Crippen LogP contribution is -2.55. The molecule has 1 unspecified atom stereocenters. The quantitative estimate of drug-likeness (QED) is 0.463. The normalized spacial score (nSPS) is 23.6. The second-order valence-corrected chi connectivity index (χ2v) is 13.8. The van der Waals surface area contributed by atoms with E-state index in [0.717, 1.165) is 49.7 Å². The number of likely N-dealkylation sites (tertiary alicyclic amines) is 3. The molecule has 3 fully saturated rings. The van der Waals surface area contributed by atoms with Gasteiger partial charge in [0.05, 0.1) is 11.4 Å². The monoisotopic (exact) mass is 617 g/mol. The maximum atomic E-state index is 13.4. The van der Waals surface area contributed by atoms with Gasteiger partial charge in [0.25, 0.3) is 0 Å². The van der Waals surface area contributed by atoms with Crippen molar-refractivity contribution in [1.82, 2.24) is 24.3 Å². The summed E-state index contributed by atoms with van der Waals surface area (Å²) in [5.74, 6) is -0.321. The average molecular weight is 618 g/mol. The van der Waals surface area contributed by atoms with Crippen LogP contribution in [0.4, 0.5) is 0 Å². The smallest absolute Gasteiger partial charge is 0.242 e. The summed E-state index contributed by atoms with van der Waals surface area (Å²) < 4.78 is 29.0. The summed E-state index contributed by atoms with van der Waals surface area (Å²) in [6.45, 7) is 5.34. The third-order valence-corrected chi connectivity index (χ3v) is 10.6. The molecule has 5 rings (SSSR count). The van der Waals surface area contributed by atoms with Crippen molar-refractivity contribution in [2.45, 2.75) is 68.5 Å². The molecule has 3 atom stereocenters. The first-order valence-corrected chi connectivity index (χ1v) is 16.7. The van der Waals surface area contributed by atoms with Crippen molar-refractivity contribution in [3.63, 3.8) is 0 Å². The molecule has 1 N–H and O–H groups in total. The van der Waals surface area contributed by atoms with Crippen molar-refractivity contribution < 1.29 is 22.8 Å². The van der Waals surface area contributed by atoms with Gasteiger partial charge in [-0.2, -0.15) is 4.72 Å². The van der Waals surface area contributed by atoms with Crippen LogP contribution in [0.2, 0.25) is 5.02 Å². The molecular weight excluding hydrogens is 578 g/mol. The number of rotatable bonds is 9. The number of hydrogen-bond acceptors (Lipinski definition) is 6. The van der Waals surface area contributed by atoms with E-state index in [-0.39, 0.29) is 41.2 Å². The van der Waals surface area contributed by atoms with Crippen LogP contribution >= 0.6 is 11.6 Å². The first-order valence-electron chi connectivity index (χ1n) is 14.8. The molecule has 0 aromatic heterocycles. The third-order valence-electron chi connectivity index (χ3n) is 8.90. The molecule has 0 spiro atoms. The largest absolute Gasteiger partial charge is 0.341 e. The summed E-state index contributed by atoms with van der Waals surface area (Å²) in [6, 6.07) is 9.34. The van der Waals surface area contributed by atoms with Crippen LogP contribution < -0.4 is 4.72 Å². The van der Waals surface area contributed by atoms with E-state index in [9.17, 15) is 22.8 Å². The van der Waals surface area contributed by atoms with E-state index >= 15 is 0 Å². The van der Waals surface area contributed by atoms with E-state index in [1.807, 2.05) is 23.8 Å². The molecule has 3 saturated heterocycles. The van der Waals surface area contributed by atoms with Crippen LogP contribution in [0.5, 0.6) is 0 Å². The number of sulfonamides is 1. The molecule has 10 nitrogen and oxygen atoms in total. The van der Waals surface area contributed by atoms with Crippen LogP contribution in [0.3, 0.4) is 0 Å². The van der Waals surface area contributed by atoms with Gasteiger partial charge in [-0.05, 0) is 67.1 Å². The highest BCUT2D eigenvalue weighted by Gasteiger charge is 2.37. The van der Waals surface area contributed by atoms with E-state index in [0.29, 0.717) is 37.4 Å². The summed E-state index contributed by atoms with van der Waals surface area (Å²) in [6.07, 6.45) is 4.22. The molecule has 0 aliphatic carbocycles. The van der Waals surface area contributed by atoms with E-state index in [1.165, 1.54) is 11.0 Å². The number of carbonyl (C=O) groups is 3. The fraction of sp³-hybridized carbons (Fsp3) is 0.567. The molecule has 12 heteroatoms. The summed E-state index contributed by atoms with van der Waals surface area (Å²) >= 11 is 6.05. The molecule has 3 heterocycles. The molecular formula is C30H40ClN5O5S. The molecule has 2 aromatic carbocycles. The van der Waals surface area contributed by atoms with Gasteiger partial charge in [-0.15, -0.1) is 0 Å². The second kappa shape index (κ2) is 12.9. The number of fused-ring (bicyclic) bond motifs is 1. The van der Waals surface area contributed by atoms with Gasteiger partial charge in [0, 0.05) is 63.3 Å². The van der Waals surface area contributed by atoms with Gasteiger partial charge < -0.3 is 14.7 Å². The fourth-order valence-corrected chi connectivity index (χ4v) is 7.92. The highest BCUT2D eigenvalue weighted by Crippen LogP contribution is 2.25. The zero-order valence-electron chi connectivity index (χ0n) is 24.3. The molecule has 228 valence electrons. The molecule has 0 saturated carbocycles. The fourth-order valence-electron chi connectivity index (χ4n) is 6.48. The zero-order chi connectivity index (χ0) is 30.0. The van der Waals surface area contributed by atoms with Crippen molar-refractivity contribution in [1.29, 1.82) is 0 Å². The molecule has 0 radical (unpaired) electrons. The number of likely N-dealkylation sites (N-methyl/N-ethyl adjacent to an activating group) is 1. The Morgan fingerprint density at radius 3 is 2.55 bits per heavy atom. The Bertz CT molecular complexity index is 1450. The number of nitrogens with zero attached hydrogens (tertiary/aromatic N) is 4. The molecule has 3 amide bonds. The predicted molar refractivity (Wildman–Crippen MR) is 162 cm³/mol. The van der Waals surface area contributed by atoms with Crippen LogP contribution in [0.15, 0.2) is 41.3 Å². The lowest BCUT2D eigenvalue weighted by molar-refractivity contribution is -0.143. The lowest BCUT2D eigenvalue weighted by atomic mass is 10.1. The summed E-state index contributed by atoms with van der Waals surface area (Å²) in [7, 11) is -2.09. The van der Waals surface area contributed by atoms with Crippen LogP contribution in [0.1, 0.15) is 45.4 Å². The second-order valence-electron chi connectivity index (χ2n) is 11.7. The van der Waals surface area contributed by atoms with Crippen molar-refractivity contribution in [2.24, 2.45) is 0 Å². The summed E-state index contributed by atoms with van der Waals surface area (Å²) in [4.78, 5) is 46.5. The standard InChI is InChI=1S/C30H40ClN5O5S/c1-3-28(37)33(2)24-12-15-34(18-24)19-25-6-4-14-36(25)29(38)20-35-13-5-7-27(30(35)39)32-42(40,41)26-11-9-21-16-23(31)10-8-22(21)17-26/h8-11,16-17,24-25,27,32H,3-7,12-15,18-20H2,1-2H3/t24?,25-,27-/m0/s1. The molecule has 42 heavy (non-hydrogen) atoms. The highest BCUT2D eigenvalue weighted by molar-refractivity contribution is 7.89. The highest BCUT2D eigenvalue weighted by atomic mass is 35.5. The Morgan fingerprint density at radius 1 is 1.02 bits per heavy atom. The minimum atomic E-state index is -3.96. The topological polar surface area (TPSA) is 110 Å². The van der Waals surface area contributed by atoms with Gasteiger partial charge in [-0.1, -0.05) is 30.7 Å². The predicted octanol–water partition coefficient (Wildman–Crippen LogP) is 2.70. The number of hydrogen-bond donors (Lipinski definition) is 1. The van der Waals surface area contributed by atoms with Gasteiger partial charge in [-0.3, -0.25) is 19.3 Å². The SMILES string of the molecule is CCC(=O)N(C)C1CCN(C[C@@H]2CCCN2C(=O)CN2CCC[C@H](NS(=O)(=O)c3ccc4cc(Cl)ccc4c3)C2=O)C1. The van der Waals surface area contributed by atoms with Gasteiger partial charge in [0.15, 0.2) is 0 Å². The molecule has 2 aromatic rings. The molecule has 3 aliphatic heterocycles. The van der Waals surface area contributed by atoms with Gasteiger partial charge in [0.2, 0.25) is 27.7 Å². The average Bonchev–Trinajstić information content (AvgIpc) is 3.64. The van der Waals surface area contributed by atoms with Crippen LogP contribution in [-0.4, -0.2) is 110 Å². The summed E-state index contributed by atoms with van der Waals surface area (Å²) in [5.41, 5.74) is 0. The number of carbonyl (C=O) groups excluding carboxylic acids is 3. The van der Waals surface area contributed by atoms with Crippen molar-refractivity contribution in [3.05, 3.63) is 41.4 Å². The maximum Gasteiger partial charge on any atom is 0.242 e. The zero-order valence-corrected chi connectivity index (χ0v) is 25.9. The Balaban J connectivity index is 1.18. The number of benzene rings is 2. The third kappa shape index (κ3) is 6.74. The minimum Gasteiger partial charge on any atom is -0.341 e. The van der Waals surface area contributed by atoms with Gasteiger partial charge >= 0.3 is 0 Å². The van der Waals surface area contributed by atoms with Crippen LogP contribution in [0.25, 0.3) is 10.8 Å². The van der Waals surface area contributed by atoms with Crippen molar-refractivity contribution in [2.75, 3.05) is 46.3 Å². The number of halogens is 1. The van der Waals surface area contributed by atoms with E-state index in [1.54, 1.807) is 30.3 Å². The van der Waals surface area contributed by atoms with Crippen LogP contribution in [0, 0.1) is 0 Å². The first kappa shape index (κ1) is 30.7. The van der Waals surface area contributed by atoms with Gasteiger partial charge in [0.1, 0.15) is 6.04 Å². The number of amides is 3. The molecule has 0 bridgehead atoms. The van der Waals surface area contributed by atoms with Crippen LogP contribution in [-0.2, 0) is 24.4 Å². The minimum absolute atomic E-state index is 0.0549. The van der Waals surface area contributed by atoms with Gasteiger partial charge in [-0.25, -0.2) is 8.42 Å². The molecule has 3 aliphatic rings. The van der Waals surface area contributed by atoms with Crippen molar-refractivity contribution in [3.8, 4) is 0 Å². The van der Waals surface area contributed by atoms with E-state index < -0.39 is 16.1 Å². The number of nitrogens with one attached hydrogen (secondary N) is 1. The number of piperidine rings is 1. The Kier molecular flexibility index (Phi) is 9.41. The Hall–Kier alpha value is -2.73.